The van der Waals surface area contributed by atoms with Gasteiger partial charge < -0.3 is 9.67 Å². The van der Waals surface area contributed by atoms with E-state index in [2.05, 4.69) is 4.98 Å². The summed E-state index contributed by atoms with van der Waals surface area (Å²) in [5.41, 5.74) is 0.937. The van der Waals surface area contributed by atoms with Crippen LogP contribution in [-0.2, 0) is 7.05 Å². The second-order valence-electron chi connectivity index (χ2n) is 3.98. The highest BCUT2D eigenvalue weighted by atomic mass is 16.3. The molecule has 2 rings (SSSR count). The normalized spacial score (nSPS) is 19.8. The Hall–Kier alpha value is -0.830. The first-order valence-electron chi connectivity index (χ1n) is 4.91. The van der Waals surface area contributed by atoms with E-state index >= 15 is 0 Å². The number of aromatic nitrogens is 2. The Morgan fingerprint density at radius 1 is 1.69 bits per heavy atom. The van der Waals surface area contributed by atoms with E-state index in [0.29, 0.717) is 0 Å². The smallest absolute Gasteiger partial charge is 0.0958 e. The van der Waals surface area contributed by atoms with Crippen molar-refractivity contribution in [2.24, 2.45) is 13.0 Å². The fourth-order valence-corrected chi connectivity index (χ4v) is 1.85. The standard InChI is InChI=1S/C10H16N2O/c1-12-7-11-6-9(12)10(13)5-8-3-2-4-8/h6-8,10,13H,2-5H2,1H3. The summed E-state index contributed by atoms with van der Waals surface area (Å²) in [4.78, 5) is 4.00. The molecular weight excluding hydrogens is 164 g/mol. The van der Waals surface area contributed by atoms with Gasteiger partial charge in [-0.05, 0) is 12.3 Å². The fraction of sp³-hybridized carbons (Fsp3) is 0.700. The third-order valence-corrected chi connectivity index (χ3v) is 2.98. The van der Waals surface area contributed by atoms with E-state index in [1.165, 1.54) is 19.3 Å². The summed E-state index contributed by atoms with van der Waals surface area (Å²) in [5, 5.41) is 9.86. The molecule has 1 aromatic rings. The van der Waals surface area contributed by atoms with Gasteiger partial charge in [-0.25, -0.2) is 4.98 Å². The largest absolute Gasteiger partial charge is 0.387 e. The molecule has 1 heterocycles. The van der Waals surface area contributed by atoms with E-state index in [1.54, 1.807) is 12.5 Å². The molecular formula is C10H16N2O. The average Bonchev–Trinajstić information content (AvgIpc) is 2.43. The van der Waals surface area contributed by atoms with Gasteiger partial charge in [-0.2, -0.15) is 0 Å². The first-order valence-corrected chi connectivity index (χ1v) is 4.91. The SMILES string of the molecule is Cn1cncc1C(O)CC1CCC1. The number of aryl methyl sites for hydroxylation is 1. The minimum atomic E-state index is -0.321. The van der Waals surface area contributed by atoms with Crippen LogP contribution in [0.5, 0.6) is 0 Å². The van der Waals surface area contributed by atoms with Crippen molar-refractivity contribution >= 4 is 0 Å². The lowest BCUT2D eigenvalue weighted by Crippen LogP contribution is -2.16. The van der Waals surface area contributed by atoms with Gasteiger partial charge in [0.15, 0.2) is 0 Å². The van der Waals surface area contributed by atoms with Crippen LogP contribution in [0.15, 0.2) is 12.5 Å². The van der Waals surface area contributed by atoms with Crippen molar-refractivity contribution < 1.29 is 5.11 Å². The van der Waals surface area contributed by atoms with E-state index in [4.69, 9.17) is 0 Å². The van der Waals surface area contributed by atoms with Gasteiger partial charge in [0.2, 0.25) is 0 Å². The molecule has 3 nitrogen and oxygen atoms in total. The molecule has 3 heteroatoms. The van der Waals surface area contributed by atoms with Crippen molar-refractivity contribution in [3.63, 3.8) is 0 Å². The van der Waals surface area contributed by atoms with Gasteiger partial charge in [-0.3, -0.25) is 0 Å². The van der Waals surface area contributed by atoms with Crippen molar-refractivity contribution in [2.45, 2.75) is 31.8 Å². The highest BCUT2D eigenvalue weighted by molar-refractivity contribution is 5.02. The van der Waals surface area contributed by atoms with Gasteiger partial charge in [0, 0.05) is 7.05 Å². The number of nitrogens with zero attached hydrogens (tertiary/aromatic N) is 2. The van der Waals surface area contributed by atoms with E-state index < -0.39 is 0 Å². The molecule has 1 aromatic heterocycles. The first kappa shape index (κ1) is 8.75. The third kappa shape index (κ3) is 1.75. The van der Waals surface area contributed by atoms with Crippen LogP contribution in [0, 0.1) is 5.92 Å². The summed E-state index contributed by atoms with van der Waals surface area (Å²) in [5.74, 6) is 0.741. The maximum absolute atomic E-state index is 9.86. The zero-order valence-corrected chi connectivity index (χ0v) is 7.98. The van der Waals surface area contributed by atoms with Crippen LogP contribution >= 0.6 is 0 Å². The monoisotopic (exact) mass is 180 g/mol. The summed E-state index contributed by atoms with van der Waals surface area (Å²) >= 11 is 0. The predicted molar refractivity (Wildman–Crippen MR) is 50.1 cm³/mol. The van der Waals surface area contributed by atoms with Gasteiger partial charge in [-0.1, -0.05) is 19.3 Å². The Morgan fingerprint density at radius 2 is 2.46 bits per heavy atom. The zero-order chi connectivity index (χ0) is 9.26. The fourth-order valence-electron chi connectivity index (χ4n) is 1.85. The summed E-state index contributed by atoms with van der Waals surface area (Å²) in [6, 6.07) is 0. The minimum absolute atomic E-state index is 0.321. The number of hydrogen-bond donors (Lipinski definition) is 1. The number of aliphatic hydroxyl groups excluding tert-OH is 1. The summed E-state index contributed by atoms with van der Waals surface area (Å²) in [7, 11) is 1.92. The van der Waals surface area contributed by atoms with Gasteiger partial charge in [0.25, 0.3) is 0 Å². The topological polar surface area (TPSA) is 38.0 Å². The van der Waals surface area contributed by atoms with E-state index in [-0.39, 0.29) is 6.10 Å². The van der Waals surface area contributed by atoms with Gasteiger partial charge in [0.05, 0.1) is 24.3 Å². The van der Waals surface area contributed by atoms with Crippen LogP contribution < -0.4 is 0 Å². The molecule has 0 aromatic carbocycles. The quantitative estimate of drug-likeness (QED) is 0.768. The second-order valence-corrected chi connectivity index (χ2v) is 3.98. The van der Waals surface area contributed by atoms with Crippen molar-refractivity contribution in [1.29, 1.82) is 0 Å². The van der Waals surface area contributed by atoms with Crippen LogP contribution in [0.25, 0.3) is 0 Å². The Balaban J connectivity index is 1.96. The molecule has 0 spiro atoms. The summed E-state index contributed by atoms with van der Waals surface area (Å²) in [6.45, 7) is 0. The van der Waals surface area contributed by atoms with Crippen LogP contribution in [0.2, 0.25) is 0 Å². The molecule has 1 saturated carbocycles. The molecule has 1 aliphatic rings. The number of hydrogen-bond acceptors (Lipinski definition) is 2. The number of rotatable bonds is 3. The first-order chi connectivity index (χ1) is 6.27. The lowest BCUT2D eigenvalue weighted by molar-refractivity contribution is 0.112. The molecule has 1 N–H and O–H groups in total. The lowest BCUT2D eigenvalue weighted by atomic mass is 9.81. The third-order valence-electron chi connectivity index (χ3n) is 2.98. The molecule has 0 amide bonds. The predicted octanol–water partition coefficient (Wildman–Crippen LogP) is 1.64. The summed E-state index contributed by atoms with van der Waals surface area (Å²) in [6.07, 6.45) is 7.98. The molecule has 0 radical (unpaired) electrons. The van der Waals surface area contributed by atoms with Gasteiger partial charge in [0.1, 0.15) is 0 Å². The zero-order valence-electron chi connectivity index (χ0n) is 7.98. The van der Waals surface area contributed by atoms with E-state index in [0.717, 1.165) is 18.0 Å². The molecule has 0 saturated heterocycles. The molecule has 1 atom stereocenters. The molecule has 72 valence electrons. The van der Waals surface area contributed by atoms with Crippen molar-refractivity contribution in [1.82, 2.24) is 9.55 Å². The van der Waals surface area contributed by atoms with Crippen molar-refractivity contribution in [3.8, 4) is 0 Å². The lowest BCUT2D eigenvalue weighted by Gasteiger charge is -2.27. The molecule has 0 bridgehead atoms. The second kappa shape index (κ2) is 3.50. The van der Waals surface area contributed by atoms with E-state index in [1.807, 2.05) is 11.6 Å². The molecule has 1 fully saturated rings. The van der Waals surface area contributed by atoms with Gasteiger partial charge in [-0.15, -0.1) is 0 Å². The van der Waals surface area contributed by atoms with Crippen molar-refractivity contribution in [3.05, 3.63) is 18.2 Å². The van der Waals surface area contributed by atoms with Crippen LogP contribution in [0.4, 0.5) is 0 Å². The molecule has 1 aliphatic carbocycles. The summed E-state index contributed by atoms with van der Waals surface area (Å²) < 4.78 is 1.89. The highest BCUT2D eigenvalue weighted by Crippen LogP contribution is 2.34. The Labute approximate surface area is 78.4 Å². The Morgan fingerprint density at radius 3 is 2.92 bits per heavy atom. The van der Waals surface area contributed by atoms with E-state index in [9.17, 15) is 5.11 Å². The van der Waals surface area contributed by atoms with Crippen molar-refractivity contribution in [2.75, 3.05) is 0 Å². The Kier molecular flexibility index (Phi) is 2.36. The molecule has 0 aliphatic heterocycles. The Bertz CT molecular complexity index is 278. The number of aliphatic hydroxyl groups is 1. The van der Waals surface area contributed by atoms with Crippen LogP contribution in [-0.4, -0.2) is 14.7 Å². The molecule has 1 unspecified atom stereocenters. The van der Waals surface area contributed by atoms with Crippen LogP contribution in [0.1, 0.15) is 37.5 Å². The average molecular weight is 180 g/mol. The number of imidazole rings is 1. The van der Waals surface area contributed by atoms with Crippen LogP contribution in [0.3, 0.4) is 0 Å². The highest BCUT2D eigenvalue weighted by Gasteiger charge is 2.22. The molecule has 13 heavy (non-hydrogen) atoms. The minimum Gasteiger partial charge on any atom is -0.387 e. The van der Waals surface area contributed by atoms with Gasteiger partial charge >= 0.3 is 0 Å². The maximum atomic E-state index is 9.86. The maximum Gasteiger partial charge on any atom is 0.0958 e.